The standard InChI is InChI=1S/C29H30FN5O4/c1-5-17(3)27(31)29(37)39-16-35-15-24(18-7-8-32-25(30)12-18)23-11-20(14-33-28(23)35)19-9-21(34-26(36)6-2)13-22(10-19)38-4/h6-15,17,27H,2,5,16,31H2,1,3-4H3,(H,34,36)/t17-,27-/m0/s1. The minimum atomic E-state index is -0.742. The van der Waals surface area contributed by atoms with Gasteiger partial charge in [0.1, 0.15) is 17.4 Å². The van der Waals surface area contributed by atoms with Crippen molar-refractivity contribution in [3.05, 3.63) is 73.6 Å². The lowest BCUT2D eigenvalue weighted by Gasteiger charge is -2.17. The van der Waals surface area contributed by atoms with Crippen molar-refractivity contribution >= 4 is 28.6 Å². The summed E-state index contributed by atoms with van der Waals surface area (Å²) in [5.41, 5.74) is 9.78. The number of nitrogens with two attached hydrogens (primary N) is 1. The average Bonchev–Trinajstić information content (AvgIpc) is 3.32. The number of hydrogen-bond donors (Lipinski definition) is 2. The van der Waals surface area contributed by atoms with E-state index in [1.807, 2.05) is 26.0 Å². The molecule has 0 radical (unpaired) electrons. The lowest BCUT2D eigenvalue weighted by Crippen LogP contribution is -2.38. The zero-order valence-electron chi connectivity index (χ0n) is 22.0. The number of hydrogen-bond acceptors (Lipinski definition) is 7. The summed E-state index contributed by atoms with van der Waals surface area (Å²) in [5.74, 6) is -0.988. The lowest BCUT2D eigenvalue weighted by molar-refractivity contribution is -0.150. The van der Waals surface area contributed by atoms with Gasteiger partial charge in [0.05, 0.1) is 7.11 Å². The third kappa shape index (κ3) is 6.12. The van der Waals surface area contributed by atoms with Gasteiger partial charge in [0, 0.05) is 52.9 Å². The second kappa shape index (κ2) is 11.9. The molecular weight excluding hydrogens is 501 g/mol. The molecule has 2 atom stereocenters. The van der Waals surface area contributed by atoms with Crippen molar-refractivity contribution in [3.8, 4) is 28.0 Å². The molecule has 10 heteroatoms. The lowest BCUT2D eigenvalue weighted by atomic mass is 10.0. The summed E-state index contributed by atoms with van der Waals surface area (Å²) in [6.07, 6.45) is 6.72. The highest BCUT2D eigenvalue weighted by molar-refractivity contribution is 6.00. The molecular formula is C29H30FN5O4. The predicted octanol–water partition coefficient (Wildman–Crippen LogP) is 4.91. The number of esters is 1. The number of fused-ring (bicyclic) bond motifs is 1. The number of carbonyl (C=O) groups excluding carboxylic acids is 2. The summed E-state index contributed by atoms with van der Waals surface area (Å²) < 4.78 is 26.7. The molecule has 1 amide bonds. The first-order chi connectivity index (χ1) is 18.7. The molecule has 4 rings (SSSR count). The van der Waals surface area contributed by atoms with Gasteiger partial charge in [-0.2, -0.15) is 4.39 Å². The number of rotatable bonds is 10. The van der Waals surface area contributed by atoms with Gasteiger partial charge in [-0.05, 0) is 47.4 Å². The van der Waals surface area contributed by atoms with Gasteiger partial charge in [0.15, 0.2) is 6.73 Å². The van der Waals surface area contributed by atoms with E-state index in [2.05, 4.69) is 21.9 Å². The summed E-state index contributed by atoms with van der Waals surface area (Å²) >= 11 is 0. The maximum absolute atomic E-state index is 14.0. The van der Waals surface area contributed by atoms with E-state index in [4.69, 9.17) is 15.2 Å². The van der Waals surface area contributed by atoms with Crippen LogP contribution in [0.25, 0.3) is 33.3 Å². The number of aromatic nitrogens is 3. The van der Waals surface area contributed by atoms with E-state index in [0.717, 1.165) is 17.5 Å². The number of pyridine rings is 2. The number of nitrogens with one attached hydrogen (secondary N) is 1. The van der Waals surface area contributed by atoms with E-state index in [9.17, 15) is 14.0 Å². The van der Waals surface area contributed by atoms with Gasteiger partial charge < -0.3 is 20.5 Å². The maximum Gasteiger partial charge on any atom is 0.324 e. The van der Waals surface area contributed by atoms with Crippen LogP contribution in [0.4, 0.5) is 10.1 Å². The minimum absolute atomic E-state index is 0.0287. The molecule has 0 aliphatic rings. The molecule has 202 valence electrons. The molecule has 9 nitrogen and oxygen atoms in total. The first-order valence-corrected chi connectivity index (χ1v) is 12.4. The van der Waals surface area contributed by atoms with Gasteiger partial charge in [-0.25, -0.2) is 9.97 Å². The van der Waals surface area contributed by atoms with E-state index in [1.54, 1.807) is 35.2 Å². The summed E-state index contributed by atoms with van der Waals surface area (Å²) in [7, 11) is 1.53. The highest BCUT2D eigenvalue weighted by atomic mass is 19.1. The van der Waals surface area contributed by atoms with Gasteiger partial charge in [0.2, 0.25) is 11.9 Å². The number of methoxy groups -OCH3 is 1. The second-order valence-corrected chi connectivity index (χ2v) is 9.12. The second-order valence-electron chi connectivity index (χ2n) is 9.12. The van der Waals surface area contributed by atoms with Gasteiger partial charge >= 0.3 is 5.97 Å². The molecule has 39 heavy (non-hydrogen) atoms. The Kier molecular flexibility index (Phi) is 8.36. The van der Waals surface area contributed by atoms with E-state index >= 15 is 0 Å². The molecule has 3 N–H and O–H groups in total. The molecule has 0 aliphatic heterocycles. The fourth-order valence-electron chi connectivity index (χ4n) is 4.09. The summed E-state index contributed by atoms with van der Waals surface area (Å²) in [5, 5.41) is 3.44. The van der Waals surface area contributed by atoms with Crippen LogP contribution in [0.3, 0.4) is 0 Å². The van der Waals surface area contributed by atoms with Crippen molar-refractivity contribution in [2.24, 2.45) is 11.7 Å². The molecule has 0 saturated heterocycles. The monoisotopic (exact) mass is 531 g/mol. The molecule has 0 aliphatic carbocycles. The maximum atomic E-state index is 14.0. The normalized spacial score (nSPS) is 12.5. The Labute approximate surface area is 225 Å². The number of halogens is 1. The third-order valence-electron chi connectivity index (χ3n) is 6.55. The van der Waals surface area contributed by atoms with Crippen molar-refractivity contribution in [1.82, 2.24) is 14.5 Å². The quantitative estimate of drug-likeness (QED) is 0.169. The number of benzene rings is 1. The molecule has 4 aromatic rings. The molecule has 0 spiro atoms. The average molecular weight is 532 g/mol. The number of amides is 1. The number of carbonyl (C=O) groups is 2. The molecule has 0 fully saturated rings. The highest BCUT2D eigenvalue weighted by Crippen LogP contribution is 2.35. The largest absolute Gasteiger partial charge is 0.497 e. The zero-order chi connectivity index (χ0) is 28.1. The summed E-state index contributed by atoms with van der Waals surface area (Å²) in [4.78, 5) is 32.7. The van der Waals surface area contributed by atoms with Crippen LogP contribution in [0.1, 0.15) is 20.3 Å². The van der Waals surface area contributed by atoms with Crippen LogP contribution < -0.4 is 15.8 Å². The van der Waals surface area contributed by atoms with E-state index in [0.29, 0.717) is 33.6 Å². The first-order valence-electron chi connectivity index (χ1n) is 12.4. The highest BCUT2D eigenvalue weighted by Gasteiger charge is 2.22. The third-order valence-corrected chi connectivity index (χ3v) is 6.55. The number of nitrogens with zero attached hydrogens (tertiary/aromatic N) is 3. The zero-order valence-corrected chi connectivity index (χ0v) is 22.0. The van der Waals surface area contributed by atoms with E-state index < -0.39 is 18.0 Å². The van der Waals surface area contributed by atoms with Crippen LogP contribution in [-0.4, -0.2) is 39.6 Å². The van der Waals surface area contributed by atoms with Gasteiger partial charge in [-0.3, -0.25) is 14.2 Å². The Balaban J connectivity index is 1.78. The Morgan fingerprint density at radius 2 is 1.97 bits per heavy atom. The van der Waals surface area contributed by atoms with Crippen molar-refractivity contribution in [2.75, 3.05) is 12.4 Å². The predicted molar refractivity (Wildman–Crippen MR) is 147 cm³/mol. The number of anilines is 1. The van der Waals surface area contributed by atoms with Crippen molar-refractivity contribution in [1.29, 1.82) is 0 Å². The summed E-state index contributed by atoms with van der Waals surface area (Å²) in [6.45, 7) is 7.22. The molecule has 0 unspecified atom stereocenters. The van der Waals surface area contributed by atoms with E-state index in [1.165, 1.54) is 25.4 Å². The molecule has 3 heterocycles. The Morgan fingerprint density at radius 1 is 1.18 bits per heavy atom. The van der Waals surface area contributed by atoms with Crippen molar-refractivity contribution in [2.45, 2.75) is 33.0 Å². The van der Waals surface area contributed by atoms with Crippen LogP contribution in [0, 0.1) is 11.9 Å². The fraction of sp³-hybridized carbons (Fsp3) is 0.241. The smallest absolute Gasteiger partial charge is 0.324 e. The van der Waals surface area contributed by atoms with Crippen LogP contribution in [0.15, 0.2) is 67.6 Å². The molecule has 0 bridgehead atoms. The van der Waals surface area contributed by atoms with Crippen LogP contribution in [0.2, 0.25) is 0 Å². The van der Waals surface area contributed by atoms with Crippen LogP contribution >= 0.6 is 0 Å². The van der Waals surface area contributed by atoms with Crippen molar-refractivity contribution < 1.29 is 23.5 Å². The number of ether oxygens (including phenoxy) is 2. The Hall–Kier alpha value is -4.57. The van der Waals surface area contributed by atoms with Crippen LogP contribution in [0.5, 0.6) is 5.75 Å². The Bertz CT molecular complexity index is 1530. The van der Waals surface area contributed by atoms with Gasteiger partial charge in [-0.15, -0.1) is 0 Å². The fourth-order valence-corrected chi connectivity index (χ4v) is 4.09. The van der Waals surface area contributed by atoms with Crippen molar-refractivity contribution in [3.63, 3.8) is 0 Å². The molecule has 1 aromatic carbocycles. The van der Waals surface area contributed by atoms with Gasteiger partial charge in [0.25, 0.3) is 0 Å². The molecule has 3 aromatic heterocycles. The van der Waals surface area contributed by atoms with E-state index in [-0.39, 0.29) is 18.6 Å². The minimum Gasteiger partial charge on any atom is -0.497 e. The summed E-state index contributed by atoms with van der Waals surface area (Å²) in [6, 6.07) is 9.46. The first kappa shape index (κ1) is 27.5. The SMILES string of the molecule is C=CC(=O)Nc1cc(OC)cc(-c2cnc3c(c2)c(-c2ccnc(F)c2)cn3COC(=O)[C@@H](N)[C@@H](C)CC)c1. The molecule has 0 saturated carbocycles. The van der Waals surface area contributed by atoms with Crippen LogP contribution in [-0.2, 0) is 21.1 Å². The van der Waals surface area contributed by atoms with Gasteiger partial charge in [-0.1, -0.05) is 26.8 Å². The topological polar surface area (TPSA) is 121 Å². The Morgan fingerprint density at radius 3 is 2.67 bits per heavy atom.